The zero-order valence-corrected chi connectivity index (χ0v) is 8.32. The predicted octanol–water partition coefficient (Wildman–Crippen LogP) is -2.41. The molecule has 0 radical (unpaired) electrons. The molecule has 4 N–H and O–H groups in total. The molecule has 2 aliphatic rings. The van der Waals surface area contributed by atoms with Gasteiger partial charge in [-0.1, -0.05) is 0 Å². The van der Waals surface area contributed by atoms with Crippen molar-refractivity contribution in [1.29, 1.82) is 0 Å². The van der Waals surface area contributed by atoms with Gasteiger partial charge in [0.1, 0.15) is 0 Å². The third-order valence-corrected chi connectivity index (χ3v) is 3.16. The number of aliphatic hydroxyl groups is 2. The molecule has 0 aromatic carbocycles. The first-order valence-electron chi connectivity index (χ1n) is 5.29. The van der Waals surface area contributed by atoms with Crippen LogP contribution >= 0.6 is 0 Å². The zero-order valence-electron chi connectivity index (χ0n) is 8.32. The molecule has 5 heteroatoms. The van der Waals surface area contributed by atoms with Gasteiger partial charge in [0.05, 0.1) is 12.7 Å². The number of hydrogen-bond donors (Lipinski definition) is 4. The highest BCUT2D eigenvalue weighted by Gasteiger charge is 2.36. The molecule has 0 bridgehead atoms. The number of nitrogens with zero attached hydrogens (tertiary/aromatic N) is 1. The summed E-state index contributed by atoms with van der Waals surface area (Å²) in [5.41, 5.74) is 0. The molecule has 2 atom stereocenters. The SMILES string of the molecule is OCCN(C1CNC1)[C@@H]1CNC[C@H]1O. The third kappa shape index (κ3) is 1.92. The van der Waals surface area contributed by atoms with Crippen LogP contribution in [0.1, 0.15) is 0 Å². The van der Waals surface area contributed by atoms with Gasteiger partial charge in [0, 0.05) is 44.8 Å². The van der Waals surface area contributed by atoms with E-state index in [0.29, 0.717) is 19.1 Å². The van der Waals surface area contributed by atoms with Gasteiger partial charge in [0.2, 0.25) is 0 Å². The van der Waals surface area contributed by atoms with Crippen molar-refractivity contribution < 1.29 is 10.2 Å². The molecule has 0 aromatic heterocycles. The van der Waals surface area contributed by atoms with Gasteiger partial charge < -0.3 is 20.8 Å². The van der Waals surface area contributed by atoms with Gasteiger partial charge in [0.15, 0.2) is 0 Å². The molecule has 0 aliphatic carbocycles. The first-order valence-corrected chi connectivity index (χ1v) is 5.29. The lowest BCUT2D eigenvalue weighted by Crippen LogP contribution is -2.62. The second-order valence-corrected chi connectivity index (χ2v) is 4.07. The zero-order chi connectivity index (χ0) is 9.97. The van der Waals surface area contributed by atoms with Gasteiger partial charge >= 0.3 is 0 Å². The van der Waals surface area contributed by atoms with E-state index < -0.39 is 0 Å². The van der Waals surface area contributed by atoms with Crippen molar-refractivity contribution in [2.75, 3.05) is 39.3 Å². The maximum atomic E-state index is 9.75. The molecule has 0 unspecified atom stereocenters. The van der Waals surface area contributed by atoms with Crippen LogP contribution in [-0.4, -0.2) is 72.6 Å². The summed E-state index contributed by atoms with van der Waals surface area (Å²) >= 11 is 0. The van der Waals surface area contributed by atoms with E-state index in [9.17, 15) is 5.11 Å². The molecular formula is C9H19N3O2. The highest BCUT2D eigenvalue weighted by Crippen LogP contribution is 2.15. The summed E-state index contributed by atoms with van der Waals surface area (Å²) < 4.78 is 0. The van der Waals surface area contributed by atoms with Crippen molar-refractivity contribution >= 4 is 0 Å². The fourth-order valence-electron chi connectivity index (χ4n) is 2.23. The summed E-state index contributed by atoms with van der Waals surface area (Å²) in [4.78, 5) is 2.22. The molecule has 2 rings (SSSR count). The normalized spacial score (nSPS) is 33.6. The summed E-state index contributed by atoms with van der Waals surface area (Å²) in [6, 6.07) is 0.663. The number of β-amino-alcohol motifs (C(OH)–C–C–N with tert-alkyl or cyclic N) is 1. The Balaban J connectivity index is 1.93. The van der Waals surface area contributed by atoms with Crippen LogP contribution in [0.3, 0.4) is 0 Å². The van der Waals surface area contributed by atoms with Crippen molar-refractivity contribution in [3.8, 4) is 0 Å². The quantitative estimate of drug-likeness (QED) is 0.408. The van der Waals surface area contributed by atoms with E-state index >= 15 is 0 Å². The Morgan fingerprint density at radius 3 is 2.29 bits per heavy atom. The van der Waals surface area contributed by atoms with Crippen LogP contribution in [-0.2, 0) is 0 Å². The van der Waals surface area contributed by atoms with E-state index in [0.717, 1.165) is 19.6 Å². The smallest absolute Gasteiger partial charge is 0.0832 e. The van der Waals surface area contributed by atoms with Crippen LogP contribution in [0.4, 0.5) is 0 Å². The first-order chi connectivity index (χ1) is 6.83. The lowest BCUT2D eigenvalue weighted by atomic mass is 10.1. The fourth-order valence-corrected chi connectivity index (χ4v) is 2.23. The van der Waals surface area contributed by atoms with Crippen LogP contribution in [0, 0.1) is 0 Å². The molecule has 2 heterocycles. The Hall–Kier alpha value is -0.200. The topological polar surface area (TPSA) is 67.8 Å². The van der Waals surface area contributed by atoms with Crippen molar-refractivity contribution in [3.05, 3.63) is 0 Å². The van der Waals surface area contributed by atoms with E-state index in [2.05, 4.69) is 15.5 Å². The third-order valence-electron chi connectivity index (χ3n) is 3.16. The molecule has 0 spiro atoms. The van der Waals surface area contributed by atoms with Crippen molar-refractivity contribution in [2.24, 2.45) is 0 Å². The number of aliphatic hydroxyl groups excluding tert-OH is 2. The molecule has 82 valence electrons. The van der Waals surface area contributed by atoms with Crippen LogP contribution in [0.25, 0.3) is 0 Å². The Kier molecular flexibility index (Phi) is 3.35. The van der Waals surface area contributed by atoms with Crippen LogP contribution in [0.5, 0.6) is 0 Å². The number of rotatable bonds is 4. The average molecular weight is 201 g/mol. The maximum Gasteiger partial charge on any atom is 0.0832 e. The van der Waals surface area contributed by atoms with E-state index in [-0.39, 0.29) is 18.8 Å². The average Bonchev–Trinajstić information content (AvgIpc) is 2.47. The number of nitrogens with one attached hydrogen (secondary N) is 2. The molecule has 0 aromatic rings. The lowest BCUT2D eigenvalue weighted by Gasteiger charge is -2.42. The van der Waals surface area contributed by atoms with E-state index in [1.165, 1.54) is 0 Å². The summed E-state index contributed by atoms with van der Waals surface area (Å²) in [5, 5.41) is 25.1. The van der Waals surface area contributed by atoms with Crippen molar-refractivity contribution in [2.45, 2.75) is 18.2 Å². The molecule has 2 fully saturated rings. The minimum Gasteiger partial charge on any atom is -0.395 e. The summed E-state index contributed by atoms with van der Waals surface area (Å²) in [5.74, 6) is 0. The van der Waals surface area contributed by atoms with Gasteiger partial charge in [-0.15, -0.1) is 0 Å². The summed E-state index contributed by atoms with van der Waals surface area (Å²) in [6.07, 6.45) is -0.290. The van der Waals surface area contributed by atoms with Gasteiger partial charge in [-0.25, -0.2) is 0 Å². The standard InChI is InChI=1S/C9H19N3O2/c13-2-1-12(7-3-10-4-7)8-5-11-6-9(8)14/h7-11,13-14H,1-6H2/t8-,9-/m1/s1. The van der Waals surface area contributed by atoms with Gasteiger partial charge in [-0.2, -0.15) is 0 Å². The minimum absolute atomic E-state index is 0.166. The molecular weight excluding hydrogens is 182 g/mol. The van der Waals surface area contributed by atoms with Crippen LogP contribution < -0.4 is 10.6 Å². The van der Waals surface area contributed by atoms with E-state index in [4.69, 9.17) is 5.11 Å². The Labute approximate surface area is 84.1 Å². The first kappa shape index (κ1) is 10.3. The summed E-state index contributed by atoms with van der Waals surface area (Å²) in [6.45, 7) is 4.28. The number of hydrogen-bond acceptors (Lipinski definition) is 5. The van der Waals surface area contributed by atoms with Gasteiger partial charge in [-0.05, 0) is 0 Å². The van der Waals surface area contributed by atoms with Crippen LogP contribution in [0.15, 0.2) is 0 Å². The molecule has 5 nitrogen and oxygen atoms in total. The van der Waals surface area contributed by atoms with Crippen molar-refractivity contribution in [1.82, 2.24) is 15.5 Å². The second-order valence-electron chi connectivity index (χ2n) is 4.07. The molecule has 14 heavy (non-hydrogen) atoms. The van der Waals surface area contributed by atoms with Gasteiger partial charge in [0.25, 0.3) is 0 Å². The highest BCUT2D eigenvalue weighted by molar-refractivity contribution is 4.95. The largest absolute Gasteiger partial charge is 0.395 e. The molecule has 2 aliphatic heterocycles. The second kappa shape index (κ2) is 4.55. The van der Waals surface area contributed by atoms with Gasteiger partial charge in [-0.3, -0.25) is 4.90 Å². The van der Waals surface area contributed by atoms with E-state index in [1.54, 1.807) is 0 Å². The monoisotopic (exact) mass is 201 g/mol. The Morgan fingerprint density at radius 1 is 1.14 bits per heavy atom. The molecule has 0 amide bonds. The Morgan fingerprint density at radius 2 is 1.86 bits per heavy atom. The lowest BCUT2D eigenvalue weighted by molar-refractivity contribution is 0.0247. The fraction of sp³-hybridized carbons (Fsp3) is 1.00. The van der Waals surface area contributed by atoms with Crippen LogP contribution in [0.2, 0.25) is 0 Å². The van der Waals surface area contributed by atoms with E-state index in [1.807, 2.05) is 0 Å². The van der Waals surface area contributed by atoms with Crippen molar-refractivity contribution in [3.63, 3.8) is 0 Å². The minimum atomic E-state index is -0.290. The maximum absolute atomic E-state index is 9.75. The molecule has 2 saturated heterocycles. The summed E-state index contributed by atoms with van der Waals surface area (Å²) in [7, 11) is 0. The molecule has 0 saturated carbocycles. The highest BCUT2D eigenvalue weighted by atomic mass is 16.3. The Bertz CT molecular complexity index is 187. The predicted molar refractivity (Wildman–Crippen MR) is 53.1 cm³/mol.